The molecule has 2 aromatic rings. The lowest BCUT2D eigenvalue weighted by molar-refractivity contribution is 1.49. The van der Waals surface area contributed by atoms with Gasteiger partial charge < -0.3 is 0 Å². The molecule has 0 aromatic heterocycles. The maximum absolute atomic E-state index is 7.26. The summed E-state index contributed by atoms with van der Waals surface area (Å²) in [6.07, 6.45) is 4.24. The topological polar surface area (TPSA) is 47.6 Å². The molecule has 0 saturated carbocycles. The van der Waals surface area contributed by atoms with Gasteiger partial charge in [0, 0.05) is 0 Å². The molecule has 0 bridgehead atoms. The Labute approximate surface area is 120 Å². The van der Waals surface area contributed by atoms with Crippen molar-refractivity contribution in [2.75, 3.05) is 0 Å². The van der Waals surface area contributed by atoms with E-state index in [1.54, 1.807) is 0 Å². The molecule has 0 heterocycles. The van der Waals surface area contributed by atoms with Crippen LogP contribution < -0.4 is 0 Å². The van der Waals surface area contributed by atoms with Crippen LogP contribution in [0.1, 0.15) is 11.1 Å². The van der Waals surface area contributed by atoms with Gasteiger partial charge in [-0.2, -0.15) is 24.0 Å². The number of hydrogen-bond donors (Lipinski definition) is 0. The first kappa shape index (κ1) is 16.5. The van der Waals surface area contributed by atoms with Gasteiger partial charge in [-0.15, -0.1) is 0 Å². The smallest absolute Gasteiger partial charge is 0.181 e. The van der Waals surface area contributed by atoms with Crippen molar-refractivity contribution in [1.29, 1.82) is 10.5 Å². The van der Waals surface area contributed by atoms with Gasteiger partial charge in [-0.3, -0.25) is 0 Å². The third kappa shape index (κ3) is 7.44. The monoisotopic (exact) mass is 266 g/mol. The summed E-state index contributed by atoms with van der Waals surface area (Å²) < 4.78 is 0. The zero-order valence-corrected chi connectivity index (χ0v) is 11.3. The van der Waals surface area contributed by atoms with Gasteiger partial charge in [0.05, 0.1) is 0 Å². The summed E-state index contributed by atoms with van der Waals surface area (Å²) in [5.74, 6) is 0. The van der Waals surface area contributed by atoms with E-state index in [0.717, 1.165) is 0 Å². The van der Waals surface area contributed by atoms with Crippen molar-refractivity contribution in [3.63, 3.8) is 0 Å². The highest BCUT2D eigenvalue weighted by Gasteiger charge is 1.84. The van der Waals surface area contributed by atoms with Gasteiger partial charge in [0.2, 0.25) is 0 Å². The van der Waals surface area contributed by atoms with Crippen LogP contribution in [0.15, 0.2) is 60.7 Å². The molecule has 2 aromatic carbocycles. The molecule has 0 aliphatic heterocycles. The van der Waals surface area contributed by atoms with Crippen LogP contribution >= 0.6 is 13.5 Å². The molecule has 0 fully saturated rings. The maximum atomic E-state index is 7.26. The predicted molar refractivity (Wildman–Crippen MR) is 83.4 cm³/mol. The molecule has 2 nitrogen and oxygen atoms in total. The van der Waals surface area contributed by atoms with Gasteiger partial charge in [-0.25, -0.2) is 0 Å². The van der Waals surface area contributed by atoms with E-state index in [1.165, 1.54) is 23.3 Å². The van der Waals surface area contributed by atoms with Crippen molar-refractivity contribution in [3.8, 4) is 12.1 Å². The third-order valence-corrected chi connectivity index (χ3v) is 2.12. The van der Waals surface area contributed by atoms with Crippen molar-refractivity contribution in [1.82, 2.24) is 0 Å². The first-order chi connectivity index (χ1) is 8.86. The first-order valence-electron chi connectivity index (χ1n) is 5.43. The summed E-state index contributed by atoms with van der Waals surface area (Å²) in [5, 5.41) is 14.5. The zero-order chi connectivity index (χ0) is 13.1. The second-order valence-corrected chi connectivity index (χ2v) is 3.38. The van der Waals surface area contributed by atoms with Gasteiger partial charge in [0.15, 0.2) is 12.1 Å². The Balaban J connectivity index is 0.000000576. The van der Waals surface area contributed by atoms with E-state index >= 15 is 0 Å². The lowest BCUT2D eigenvalue weighted by Gasteiger charge is -1.92. The molecule has 0 amide bonds. The summed E-state index contributed by atoms with van der Waals surface area (Å²) in [5.41, 5.74) is 2.47. The molecule has 0 atom stereocenters. The average molecular weight is 266 g/mol. The van der Waals surface area contributed by atoms with Crippen LogP contribution in [-0.4, -0.2) is 0 Å². The van der Waals surface area contributed by atoms with E-state index < -0.39 is 0 Å². The van der Waals surface area contributed by atoms with Crippen LogP contribution in [0.5, 0.6) is 0 Å². The standard InChI is InChI=1S/C14H12.C2N2.H2S/c1-3-7-13(8-4-1)11-12-14-9-5-2-6-10-14;3-1-2-4;/h1-12H;;1H2. The van der Waals surface area contributed by atoms with Crippen molar-refractivity contribution in [2.24, 2.45) is 0 Å². The molecule has 0 unspecified atom stereocenters. The summed E-state index contributed by atoms with van der Waals surface area (Å²) in [6, 6.07) is 23.1. The van der Waals surface area contributed by atoms with E-state index in [4.69, 9.17) is 10.5 Å². The van der Waals surface area contributed by atoms with Gasteiger partial charge in [0.1, 0.15) is 0 Å². The van der Waals surface area contributed by atoms with Crippen molar-refractivity contribution in [2.45, 2.75) is 0 Å². The molecule has 0 aliphatic carbocycles. The van der Waals surface area contributed by atoms with Crippen molar-refractivity contribution in [3.05, 3.63) is 71.8 Å². The van der Waals surface area contributed by atoms with E-state index in [1.807, 2.05) is 36.4 Å². The van der Waals surface area contributed by atoms with Crippen molar-refractivity contribution >= 4 is 25.6 Å². The molecule has 3 heteroatoms. The van der Waals surface area contributed by atoms with Crippen LogP contribution in [-0.2, 0) is 0 Å². The Morgan fingerprint density at radius 1 is 0.632 bits per heavy atom. The van der Waals surface area contributed by atoms with Crippen LogP contribution in [0.25, 0.3) is 12.2 Å². The Morgan fingerprint density at radius 3 is 1.21 bits per heavy atom. The molecule has 19 heavy (non-hydrogen) atoms. The van der Waals surface area contributed by atoms with Crippen LogP contribution in [0.3, 0.4) is 0 Å². The molecule has 0 radical (unpaired) electrons. The Kier molecular flexibility index (Phi) is 9.25. The van der Waals surface area contributed by atoms with Crippen LogP contribution in [0.4, 0.5) is 0 Å². The molecule has 0 N–H and O–H groups in total. The van der Waals surface area contributed by atoms with Gasteiger partial charge in [0.25, 0.3) is 0 Å². The molecule has 0 spiro atoms. The number of nitriles is 2. The fourth-order valence-electron chi connectivity index (χ4n) is 1.32. The van der Waals surface area contributed by atoms with Gasteiger partial charge >= 0.3 is 0 Å². The Bertz CT molecular complexity index is 510. The quantitative estimate of drug-likeness (QED) is 0.771. The minimum Gasteiger partial charge on any atom is -0.197 e. The van der Waals surface area contributed by atoms with Crippen LogP contribution in [0.2, 0.25) is 0 Å². The maximum Gasteiger partial charge on any atom is 0.181 e. The normalized spacial score (nSPS) is 8.32. The minimum atomic E-state index is 0. The third-order valence-electron chi connectivity index (χ3n) is 2.12. The first-order valence-corrected chi connectivity index (χ1v) is 5.43. The molecule has 2 rings (SSSR count). The Morgan fingerprint density at radius 2 is 0.947 bits per heavy atom. The second-order valence-electron chi connectivity index (χ2n) is 3.38. The predicted octanol–water partition coefficient (Wildman–Crippen LogP) is 4.00. The molecule has 0 saturated heterocycles. The number of benzene rings is 2. The SMILES string of the molecule is C(=Cc1ccccc1)c1ccccc1.N#CC#N.S. The highest BCUT2D eigenvalue weighted by atomic mass is 32.1. The fraction of sp³-hybridized carbons (Fsp3) is 0. The lowest BCUT2D eigenvalue weighted by Crippen LogP contribution is -1.70. The van der Waals surface area contributed by atoms with Gasteiger partial charge in [-0.1, -0.05) is 72.8 Å². The van der Waals surface area contributed by atoms with E-state index in [9.17, 15) is 0 Å². The average Bonchev–Trinajstić information content (AvgIpc) is 2.47. The number of nitrogens with zero attached hydrogens (tertiary/aromatic N) is 2. The number of rotatable bonds is 2. The summed E-state index contributed by atoms with van der Waals surface area (Å²) in [7, 11) is 0. The van der Waals surface area contributed by atoms with Crippen LogP contribution in [0, 0.1) is 22.7 Å². The van der Waals surface area contributed by atoms with Gasteiger partial charge in [-0.05, 0) is 11.1 Å². The number of hydrogen-bond acceptors (Lipinski definition) is 2. The largest absolute Gasteiger partial charge is 0.197 e. The zero-order valence-electron chi connectivity index (χ0n) is 10.3. The summed E-state index contributed by atoms with van der Waals surface area (Å²) in [4.78, 5) is 0. The molecule has 0 aliphatic rings. The van der Waals surface area contributed by atoms with E-state index in [2.05, 4.69) is 36.4 Å². The Hall–Kier alpha value is -2.49. The fourth-order valence-corrected chi connectivity index (χ4v) is 1.32. The molecular formula is C16H14N2S. The molecule has 94 valence electrons. The van der Waals surface area contributed by atoms with E-state index in [0.29, 0.717) is 0 Å². The highest BCUT2D eigenvalue weighted by Crippen LogP contribution is 2.06. The summed E-state index contributed by atoms with van der Waals surface area (Å²) in [6.45, 7) is 0. The van der Waals surface area contributed by atoms with Crippen molar-refractivity contribution < 1.29 is 0 Å². The summed E-state index contributed by atoms with van der Waals surface area (Å²) >= 11 is 0. The highest BCUT2D eigenvalue weighted by molar-refractivity contribution is 7.59. The minimum absolute atomic E-state index is 0. The molecular weight excluding hydrogens is 252 g/mol. The lowest BCUT2D eigenvalue weighted by atomic mass is 10.1. The second kappa shape index (κ2) is 10.7. The van der Waals surface area contributed by atoms with E-state index in [-0.39, 0.29) is 13.5 Å².